The molecule has 414 valence electrons. The summed E-state index contributed by atoms with van der Waals surface area (Å²) in [4.78, 5) is 37.6. The van der Waals surface area contributed by atoms with Crippen LogP contribution in [-0.4, -0.2) is 70.0 Å². The molecule has 0 spiro atoms. The molecule has 0 aromatic rings. The highest BCUT2D eigenvalue weighted by Gasteiger charge is 2.22. The molecule has 0 N–H and O–H groups in total. The standard InChI is InChI=1S/C61H112NO8P/c1-6-8-10-12-14-16-17-18-19-20-21-22-23-24-25-26-27-28-29-30-31-32-33-34-35-36-37-38-39-40-41-42-43-44-45-46-48-50-52-54-61(64)70-59(58-69-71(65,66)68-56-55-62(3,4)5)57-67-60(63)53-51-49-47-15-13-11-9-7-2/h8,10,14,16,18-19,21-22,24-25,59H,6-7,9,11-13,15,17,20,23,26-58H2,1-5H3/b10-8-,16-14-,19-18-,22-21-,25-24-. The van der Waals surface area contributed by atoms with E-state index in [0.717, 1.165) is 64.2 Å². The number of phosphoric acid groups is 1. The van der Waals surface area contributed by atoms with E-state index in [2.05, 4.69) is 74.6 Å². The Hall–Kier alpha value is -2.29. The Morgan fingerprint density at radius 3 is 1.20 bits per heavy atom. The van der Waals surface area contributed by atoms with Gasteiger partial charge in [0.1, 0.15) is 19.8 Å². The maximum absolute atomic E-state index is 12.7. The summed E-state index contributed by atoms with van der Waals surface area (Å²) in [6.45, 7) is 4.10. The number of phosphoric ester groups is 1. The summed E-state index contributed by atoms with van der Waals surface area (Å²) in [7, 11) is 1.18. The largest absolute Gasteiger partial charge is 0.756 e. The van der Waals surface area contributed by atoms with Crippen molar-refractivity contribution >= 4 is 19.8 Å². The number of rotatable bonds is 54. The van der Waals surface area contributed by atoms with Crippen LogP contribution in [-0.2, 0) is 32.7 Å². The summed E-state index contributed by atoms with van der Waals surface area (Å²) < 4.78 is 34.0. The zero-order chi connectivity index (χ0) is 52.0. The third-order valence-electron chi connectivity index (χ3n) is 12.8. The molecule has 0 saturated carbocycles. The number of ether oxygens (including phenoxy) is 2. The number of unbranched alkanes of at least 4 members (excludes halogenated alkanes) is 30. The molecule has 0 aliphatic heterocycles. The van der Waals surface area contributed by atoms with Crippen LogP contribution >= 0.6 is 7.82 Å². The molecule has 2 atom stereocenters. The van der Waals surface area contributed by atoms with E-state index >= 15 is 0 Å². The van der Waals surface area contributed by atoms with Crippen LogP contribution in [0.3, 0.4) is 0 Å². The fourth-order valence-electron chi connectivity index (χ4n) is 8.27. The lowest BCUT2D eigenvalue weighted by Gasteiger charge is -2.28. The van der Waals surface area contributed by atoms with Crippen molar-refractivity contribution in [1.82, 2.24) is 0 Å². The van der Waals surface area contributed by atoms with Crippen LogP contribution in [0.15, 0.2) is 60.8 Å². The van der Waals surface area contributed by atoms with Gasteiger partial charge in [0.05, 0.1) is 27.7 Å². The Morgan fingerprint density at radius 1 is 0.451 bits per heavy atom. The highest BCUT2D eigenvalue weighted by Crippen LogP contribution is 2.38. The SMILES string of the molecule is CC/C=C\C/C=C\C/C=C\C/C=C\C/C=C\CCCCCCCCCCCCCCCCCCCCCCCCCC(=O)OC(COC(=O)CCCCCCCCCC)COP(=O)([O-])OCC[N+](C)(C)C. The number of carbonyl (C=O) groups excluding carboxylic acids is 2. The third-order valence-corrected chi connectivity index (χ3v) is 13.8. The monoisotopic (exact) mass is 1020 g/mol. The molecule has 0 heterocycles. The Kier molecular flexibility index (Phi) is 50.9. The van der Waals surface area contributed by atoms with Crippen LogP contribution in [0.1, 0.15) is 264 Å². The predicted molar refractivity (Wildman–Crippen MR) is 300 cm³/mol. The highest BCUT2D eigenvalue weighted by molar-refractivity contribution is 7.45. The predicted octanol–water partition coefficient (Wildman–Crippen LogP) is 17.7. The molecule has 0 aliphatic carbocycles. The van der Waals surface area contributed by atoms with E-state index in [1.54, 1.807) is 0 Å². The van der Waals surface area contributed by atoms with E-state index in [9.17, 15) is 19.0 Å². The van der Waals surface area contributed by atoms with Gasteiger partial charge in [-0.3, -0.25) is 14.2 Å². The van der Waals surface area contributed by atoms with Gasteiger partial charge in [0, 0.05) is 12.8 Å². The molecule has 0 bridgehead atoms. The molecule has 9 nitrogen and oxygen atoms in total. The molecule has 0 aromatic carbocycles. The molecule has 71 heavy (non-hydrogen) atoms. The van der Waals surface area contributed by atoms with Crippen molar-refractivity contribution in [3.8, 4) is 0 Å². The molecule has 10 heteroatoms. The fraction of sp³-hybridized carbons (Fsp3) is 0.803. The Labute approximate surface area is 438 Å². The third kappa shape index (κ3) is 56.9. The molecule has 2 unspecified atom stereocenters. The average Bonchev–Trinajstić information content (AvgIpc) is 3.33. The van der Waals surface area contributed by atoms with Crippen molar-refractivity contribution in [2.75, 3.05) is 47.5 Å². The van der Waals surface area contributed by atoms with Crippen LogP contribution in [0.25, 0.3) is 0 Å². The molecule has 0 aromatic heterocycles. The smallest absolute Gasteiger partial charge is 0.306 e. The van der Waals surface area contributed by atoms with Gasteiger partial charge in [-0.15, -0.1) is 0 Å². The van der Waals surface area contributed by atoms with Gasteiger partial charge in [-0.2, -0.15) is 0 Å². The Bertz CT molecular complexity index is 1380. The number of esters is 2. The van der Waals surface area contributed by atoms with Crippen molar-refractivity contribution in [2.24, 2.45) is 0 Å². The quantitative estimate of drug-likeness (QED) is 0.0195. The summed E-state index contributed by atoms with van der Waals surface area (Å²) in [5, 5.41) is 0. The van der Waals surface area contributed by atoms with Crippen molar-refractivity contribution in [3.05, 3.63) is 60.8 Å². The second-order valence-electron chi connectivity index (χ2n) is 21.0. The summed E-state index contributed by atoms with van der Waals surface area (Å²) in [6, 6.07) is 0. The van der Waals surface area contributed by atoms with E-state index in [0.29, 0.717) is 17.4 Å². The molecule has 0 rings (SSSR count). The van der Waals surface area contributed by atoms with E-state index in [-0.39, 0.29) is 32.0 Å². The zero-order valence-corrected chi connectivity index (χ0v) is 47.8. The number of hydrogen-bond acceptors (Lipinski definition) is 8. The first kappa shape index (κ1) is 68.7. The molecule has 0 fully saturated rings. The van der Waals surface area contributed by atoms with Crippen molar-refractivity contribution in [1.29, 1.82) is 0 Å². The van der Waals surface area contributed by atoms with E-state index in [1.807, 2.05) is 21.1 Å². The number of carbonyl (C=O) groups is 2. The maximum atomic E-state index is 12.7. The maximum Gasteiger partial charge on any atom is 0.306 e. The highest BCUT2D eigenvalue weighted by atomic mass is 31.2. The molecular weight excluding hydrogens is 906 g/mol. The molecular formula is C61H112NO8P. The summed E-state index contributed by atoms with van der Waals surface area (Å²) in [6.07, 6.45) is 67.5. The normalized spacial score (nSPS) is 13.7. The molecule has 0 aliphatic rings. The van der Waals surface area contributed by atoms with E-state index in [1.165, 1.54) is 167 Å². The van der Waals surface area contributed by atoms with Crippen molar-refractivity contribution in [2.45, 2.75) is 270 Å². The lowest BCUT2D eigenvalue weighted by molar-refractivity contribution is -0.870. The number of quaternary nitrogens is 1. The average molecular weight is 1020 g/mol. The number of hydrogen-bond donors (Lipinski definition) is 0. The van der Waals surface area contributed by atoms with Gasteiger partial charge in [0.25, 0.3) is 7.82 Å². The van der Waals surface area contributed by atoms with Crippen LogP contribution in [0.5, 0.6) is 0 Å². The van der Waals surface area contributed by atoms with Crippen LogP contribution < -0.4 is 4.89 Å². The first-order valence-corrected chi connectivity index (χ1v) is 31.0. The summed E-state index contributed by atoms with van der Waals surface area (Å²) in [5.41, 5.74) is 0. The van der Waals surface area contributed by atoms with E-state index < -0.39 is 26.5 Å². The van der Waals surface area contributed by atoms with Gasteiger partial charge in [-0.25, -0.2) is 0 Å². The van der Waals surface area contributed by atoms with Gasteiger partial charge in [0.2, 0.25) is 0 Å². The number of likely N-dealkylation sites (N-methyl/N-ethyl adjacent to an activating group) is 1. The van der Waals surface area contributed by atoms with Crippen LogP contribution in [0.4, 0.5) is 0 Å². The van der Waals surface area contributed by atoms with Crippen LogP contribution in [0.2, 0.25) is 0 Å². The molecule has 0 radical (unpaired) electrons. The zero-order valence-electron chi connectivity index (χ0n) is 46.9. The van der Waals surface area contributed by atoms with Gasteiger partial charge in [-0.05, 0) is 57.8 Å². The summed E-state index contributed by atoms with van der Waals surface area (Å²) >= 11 is 0. The molecule has 0 amide bonds. The van der Waals surface area contributed by atoms with Gasteiger partial charge >= 0.3 is 11.9 Å². The minimum absolute atomic E-state index is 0.0288. The van der Waals surface area contributed by atoms with Crippen molar-refractivity contribution in [3.63, 3.8) is 0 Å². The lowest BCUT2D eigenvalue weighted by atomic mass is 10.0. The first-order chi connectivity index (χ1) is 34.5. The van der Waals surface area contributed by atoms with Gasteiger partial charge in [-0.1, -0.05) is 254 Å². The van der Waals surface area contributed by atoms with E-state index in [4.69, 9.17) is 18.5 Å². The minimum Gasteiger partial charge on any atom is -0.756 e. The summed E-state index contributed by atoms with van der Waals surface area (Å²) in [5.74, 6) is -0.828. The second kappa shape index (κ2) is 52.6. The second-order valence-corrected chi connectivity index (χ2v) is 22.4. The first-order valence-electron chi connectivity index (χ1n) is 29.5. The van der Waals surface area contributed by atoms with Gasteiger partial charge in [0.15, 0.2) is 6.10 Å². The Balaban J connectivity index is 3.82. The molecule has 0 saturated heterocycles. The minimum atomic E-state index is -4.62. The van der Waals surface area contributed by atoms with Crippen LogP contribution in [0, 0.1) is 0 Å². The number of allylic oxidation sites excluding steroid dienone is 10. The van der Waals surface area contributed by atoms with Gasteiger partial charge < -0.3 is 27.9 Å². The lowest BCUT2D eigenvalue weighted by Crippen LogP contribution is -2.37. The fourth-order valence-corrected chi connectivity index (χ4v) is 9.00. The number of nitrogens with zero attached hydrogens (tertiary/aromatic N) is 1. The Morgan fingerprint density at radius 2 is 0.803 bits per heavy atom. The van der Waals surface area contributed by atoms with Crippen molar-refractivity contribution < 1.29 is 42.1 Å². The topological polar surface area (TPSA) is 111 Å².